The van der Waals surface area contributed by atoms with Crippen molar-refractivity contribution in [2.24, 2.45) is 0 Å². The van der Waals surface area contributed by atoms with E-state index in [0.29, 0.717) is 12.5 Å². The van der Waals surface area contributed by atoms with Gasteiger partial charge in [-0.15, -0.1) is 0 Å². The molecule has 2 aromatic rings. The third-order valence-electron chi connectivity index (χ3n) is 5.02. The zero-order valence-corrected chi connectivity index (χ0v) is 17.8. The lowest BCUT2D eigenvalue weighted by atomic mass is 10.2. The topological polar surface area (TPSA) is 66.9 Å². The summed E-state index contributed by atoms with van der Waals surface area (Å²) in [5, 5.41) is 0. The predicted molar refractivity (Wildman–Crippen MR) is 108 cm³/mol. The van der Waals surface area contributed by atoms with Crippen LogP contribution < -0.4 is 4.74 Å². The second-order valence-corrected chi connectivity index (χ2v) is 9.13. The number of sulfonamides is 1. The van der Waals surface area contributed by atoms with Crippen molar-refractivity contribution in [2.45, 2.75) is 23.9 Å². The lowest BCUT2D eigenvalue weighted by Gasteiger charge is -2.34. The van der Waals surface area contributed by atoms with Crippen molar-refractivity contribution >= 4 is 15.9 Å². The molecule has 3 rings (SSSR count). The van der Waals surface area contributed by atoms with E-state index in [-0.39, 0.29) is 50.9 Å². The molecule has 1 heterocycles. The number of para-hydroxylation sites is 1. The van der Waals surface area contributed by atoms with Gasteiger partial charge in [0.25, 0.3) is 0 Å². The molecule has 0 unspecified atom stereocenters. The number of alkyl halides is 3. The smallest absolute Gasteiger partial charge is 0.416 e. The fourth-order valence-corrected chi connectivity index (χ4v) is 4.75. The number of carbonyl (C=O) groups is 1. The van der Waals surface area contributed by atoms with Crippen LogP contribution in [0.4, 0.5) is 17.6 Å². The summed E-state index contributed by atoms with van der Waals surface area (Å²) in [7, 11) is -4.11. The molecule has 11 heteroatoms. The van der Waals surface area contributed by atoms with Crippen molar-refractivity contribution < 1.29 is 35.5 Å². The van der Waals surface area contributed by atoms with Crippen molar-refractivity contribution in [3.8, 4) is 5.75 Å². The molecule has 0 atom stereocenters. The van der Waals surface area contributed by atoms with Crippen LogP contribution in [0.3, 0.4) is 0 Å². The van der Waals surface area contributed by atoms with Gasteiger partial charge in [0.2, 0.25) is 15.9 Å². The first kappa shape index (κ1) is 24.0. The van der Waals surface area contributed by atoms with Gasteiger partial charge < -0.3 is 9.64 Å². The Bertz CT molecular complexity index is 1050. The number of benzene rings is 2. The average molecular weight is 474 g/mol. The largest absolute Gasteiger partial charge is 0.491 e. The molecule has 0 saturated carbocycles. The van der Waals surface area contributed by atoms with Gasteiger partial charge in [-0.25, -0.2) is 12.8 Å². The molecule has 1 aliphatic rings. The molecule has 0 aromatic heterocycles. The molecule has 1 saturated heterocycles. The Balaban J connectivity index is 1.50. The van der Waals surface area contributed by atoms with E-state index in [1.165, 1.54) is 17.0 Å². The summed E-state index contributed by atoms with van der Waals surface area (Å²) in [4.78, 5) is 13.4. The molecule has 6 nitrogen and oxygen atoms in total. The van der Waals surface area contributed by atoms with Crippen molar-refractivity contribution in [1.29, 1.82) is 0 Å². The SMILES string of the molecule is O=C(CCCOc1ccccc1F)N1CCN(S(=O)(=O)c2cccc(C(F)(F)F)c2)CC1. The van der Waals surface area contributed by atoms with E-state index < -0.39 is 32.5 Å². The van der Waals surface area contributed by atoms with Crippen molar-refractivity contribution in [3.63, 3.8) is 0 Å². The van der Waals surface area contributed by atoms with Crippen LogP contribution in [-0.4, -0.2) is 56.3 Å². The Morgan fingerprint density at radius 1 is 1.00 bits per heavy atom. The average Bonchev–Trinajstić information content (AvgIpc) is 2.77. The lowest BCUT2D eigenvalue weighted by molar-refractivity contribution is -0.137. The number of carbonyl (C=O) groups excluding carboxylic acids is 1. The molecule has 32 heavy (non-hydrogen) atoms. The van der Waals surface area contributed by atoms with Gasteiger partial charge in [0.15, 0.2) is 11.6 Å². The third-order valence-corrected chi connectivity index (χ3v) is 6.91. The standard InChI is InChI=1S/C21H22F4N2O4S/c22-18-7-1-2-8-19(18)31-14-4-9-20(28)26-10-12-27(13-11-26)32(29,30)17-6-3-5-16(15-17)21(23,24)25/h1-3,5-8,15H,4,9-14H2. The molecule has 174 valence electrons. The number of hydrogen-bond acceptors (Lipinski definition) is 4. The van der Waals surface area contributed by atoms with Crippen LogP contribution in [0.25, 0.3) is 0 Å². The molecule has 0 radical (unpaired) electrons. The zero-order valence-electron chi connectivity index (χ0n) is 17.0. The maximum absolute atomic E-state index is 13.5. The van der Waals surface area contributed by atoms with Crippen LogP contribution in [0.2, 0.25) is 0 Å². The summed E-state index contributed by atoms with van der Waals surface area (Å²) in [5.74, 6) is -0.580. The normalized spacial score (nSPS) is 15.6. The Kier molecular flexibility index (Phi) is 7.40. The Morgan fingerprint density at radius 3 is 2.34 bits per heavy atom. The van der Waals surface area contributed by atoms with Crippen molar-refractivity contribution in [1.82, 2.24) is 9.21 Å². The highest BCUT2D eigenvalue weighted by molar-refractivity contribution is 7.89. The number of nitrogens with zero attached hydrogens (tertiary/aromatic N) is 2. The molecule has 0 spiro atoms. The molecule has 2 aromatic carbocycles. The second-order valence-electron chi connectivity index (χ2n) is 7.19. The van der Waals surface area contributed by atoms with E-state index in [1.807, 2.05) is 0 Å². The minimum absolute atomic E-state index is 0.0178. The summed E-state index contributed by atoms with van der Waals surface area (Å²) in [6.45, 7) is 0.374. The molecule has 0 N–H and O–H groups in total. The molecular weight excluding hydrogens is 452 g/mol. The number of halogens is 4. The number of rotatable bonds is 7. The molecule has 1 aliphatic heterocycles. The van der Waals surface area contributed by atoms with Gasteiger partial charge in [-0.1, -0.05) is 18.2 Å². The first-order chi connectivity index (χ1) is 15.1. The minimum atomic E-state index is -4.65. The van der Waals surface area contributed by atoms with Crippen LogP contribution in [0.5, 0.6) is 5.75 Å². The third kappa shape index (κ3) is 5.77. The number of piperazine rings is 1. The second kappa shape index (κ2) is 9.86. The Labute approximate surface area is 183 Å². The van der Waals surface area contributed by atoms with Gasteiger partial charge in [-0.3, -0.25) is 4.79 Å². The quantitative estimate of drug-likeness (QED) is 0.455. The number of hydrogen-bond donors (Lipinski definition) is 0. The van der Waals surface area contributed by atoms with Crippen molar-refractivity contribution in [3.05, 3.63) is 59.9 Å². The van der Waals surface area contributed by atoms with Gasteiger partial charge in [0, 0.05) is 32.6 Å². The van der Waals surface area contributed by atoms with Crippen LogP contribution >= 0.6 is 0 Å². The summed E-state index contributed by atoms with van der Waals surface area (Å²) < 4.78 is 84.0. The highest BCUT2D eigenvalue weighted by Gasteiger charge is 2.34. The minimum Gasteiger partial charge on any atom is -0.491 e. The predicted octanol–water partition coefficient (Wildman–Crippen LogP) is 3.54. The van der Waals surface area contributed by atoms with E-state index in [2.05, 4.69) is 0 Å². The van der Waals surface area contributed by atoms with E-state index in [1.54, 1.807) is 12.1 Å². The van der Waals surface area contributed by atoms with Gasteiger partial charge in [0.1, 0.15) is 0 Å². The van der Waals surface area contributed by atoms with Crippen LogP contribution in [-0.2, 0) is 21.0 Å². The zero-order chi connectivity index (χ0) is 23.4. The first-order valence-electron chi connectivity index (χ1n) is 9.91. The fourth-order valence-electron chi connectivity index (χ4n) is 3.29. The van der Waals surface area contributed by atoms with E-state index in [9.17, 15) is 30.8 Å². The fraction of sp³-hybridized carbons (Fsp3) is 0.381. The molecule has 0 bridgehead atoms. The molecule has 0 aliphatic carbocycles. The highest BCUT2D eigenvalue weighted by Crippen LogP contribution is 2.31. The van der Waals surface area contributed by atoms with Gasteiger partial charge in [-0.2, -0.15) is 17.5 Å². The summed E-state index contributed by atoms with van der Waals surface area (Å²) in [6.07, 6.45) is -4.14. The molecule has 1 amide bonds. The Hall–Kier alpha value is -2.66. The molecular formula is C21H22F4N2O4S. The summed E-state index contributed by atoms with van der Waals surface area (Å²) >= 11 is 0. The van der Waals surface area contributed by atoms with E-state index >= 15 is 0 Å². The van der Waals surface area contributed by atoms with E-state index in [4.69, 9.17) is 4.74 Å². The van der Waals surface area contributed by atoms with Crippen LogP contribution in [0, 0.1) is 5.82 Å². The first-order valence-corrected chi connectivity index (χ1v) is 11.4. The highest BCUT2D eigenvalue weighted by atomic mass is 32.2. The van der Waals surface area contributed by atoms with Gasteiger partial charge in [0.05, 0.1) is 17.1 Å². The lowest BCUT2D eigenvalue weighted by Crippen LogP contribution is -2.50. The van der Waals surface area contributed by atoms with Crippen molar-refractivity contribution in [2.75, 3.05) is 32.8 Å². The molecule has 1 fully saturated rings. The van der Waals surface area contributed by atoms with Crippen LogP contribution in [0.1, 0.15) is 18.4 Å². The summed E-state index contributed by atoms with van der Waals surface area (Å²) in [5.41, 5.74) is -1.04. The van der Waals surface area contributed by atoms with Gasteiger partial charge in [-0.05, 0) is 36.8 Å². The Morgan fingerprint density at radius 2 is 1.69 bits per heavy atom. The van der Waals surface area contributed by atoms with Gasteiger partial charge >= 0.3 is 6.18 Å². The summed E-state index contributed by atoms with van der Waals surface area (Å²) in [6, 6.07) is 9.54. The van der Waals surface area contributed by atoms with E-state index in [0.717, 1.165) is 22.5 Å². The number of ether oxygens (including phenoxy) is 1. The number of amides is 1. The maximum atomic E-state index is 13.5. The van der Waals surface area contributed by atoms with Crippen LogP contribution in [0.15, 0.2) is 53.4 Å². The monoisotopic (exact) mass is 474 g/mol. The maximum Gasteiger partial charge on any atom is 0.416 e.